The lowest BCUT2D eigenvalue weighted by Crippen LogP contribution is -2.30. The number of hydrogen-bond acceptors (Lipinski definition) is 2. The molecular formula is C17H18ClFN2O. The predicted molar refractivity (Wildman–Crippen MR) is 87.6 cm³/mol. The van der Waals surface area contributed by atoms with Gasteiger partial charge in [0.2, 0.25) is 5.91 Å². The normalized spacial score (nSPS) is 12.0. The van der Waals surface area contributed by atoms with Gasteiger partial charge in [0.1, 0.15) is 5.82 Å². The van der Waals surface area contributed by atoms with Crippen LogP contribution in [0.15, 0.2) is 42.5 Å². The Kier molecular flexibility index (Phi) is 5.52. The van der Waals surface area contributed by atoms with E-state index in [1.165, 1.54) is 6.07 Å². The van der Waals surface area contributed by atoms with Crippen molar-refractivity contribution in [1.29, 1.82) is 0 Å². The Morgan fingerprint density at radius 3 is 2.73 bits per heavy atom. The Bertz CT molecular complexity index is 675. The molecule has 2 N–H and O–H groups in total. The highest BCUT2D eigenvalue weighted by Crippen LogP contribution is 2.17. The van der Waals surface area contributed by atoms with Gasteiger partial charge in [0, 0.05) is 11.1 Å². The molecule has 0 unspecified atom stereocenters. The van der Waals surface area contributed by atoms with Gasteiger partial charge < -0.3 is 10.6 Å². The Labute approximate surface area is 134 Å². The summed E-state index contributed by atoms with van der Waals surface area (Å²) in [5.74, 6) is -0.729. The Morgan fingerprint density at radius 1 is 1.27 bits per heavy atom. The van der Waals surface area contributed by atoms with Crippen LogP contribution < -0.4 is 10.6 Å². The maximum Gasteiger partial charge on any atom is 0.238 e. The third-order valence-corrected chi connectivity index (χ3v) is 3.55. The standard InChI is InChI=1S/C17H18ClFN2O/c1-11-6-7-16(15(19)8-11)21-17(22)10-20-12(2)13-4-3-5-14(18)9-13/h3-9,12,20H,10H2,1-2H3,(H,21,22)/t12-/m0/s1. The van der Waals surface area contributed by atoms with Crippen LogP contribution in [0, 0.1) is 12.7 Å². The molecule has 22 heavy (non-hydrogen) atoms. The molecule has 0 fully saturated rings. The van der Waals surface area contributed by atoms with Crippen molar-refractivity contribution in [1.82, 2.24) is 5.32 Å². The van der Waals surface area contributed by atoms with E-state index in [0.717, 1.165) is 11.1 Å². The van der Waals surface area contributed by atoms with E-state index in [9.17, 15) is 9.18 Å². The van der Waals surface area contributed by atoms with Crippen LogP contribution in [-0.2, 0) is 4.79 Å². The van der Waals surface area contributed by atoms with Gasteiger partial charge in [-0.25, -0.2) is 4.39 Å². The van der Waals surface area contributed by atoms with Crippen LogP contribution in [0.25, 0.3) is 0 Å². The first-order valence-corrected chi connectivity index (χ1v) is 7.38. The van der Waals surface area contributed by atoms with Crippen molar-refractivity contribution in [3.8, 4) is 0 Å². The van der Waals surface area contributed by atoms with E-state index < -0.39 is 5.82 Å². The number of carbonyl (C=O) groups excluding carboxylic acids is 1. The van der Waals surface area contributed by atoms with Gasteiger partial charge in [0.25, 0.3) is 0 Å². The van der Waals surface area contributed by atoms with Gasteiger partial charge in [-0.15, -0.1) is 0 Å². The van der Waals surface area contributed by atoms with Crippen molar-refractivity contribution < 1.29 is 9.18 Å². The lowest BCUT2D eigenvalue weighted by Gasteiger charge is -2.14. The van der Waals surface area contributed by atoms with Crippen LogP contribution in [0.5, 0.6) is 0 Å². The first kappa shape index (κ1) is 16.5. The zero-order valence-electron chi connectivity index (χ0n) is 12.5. The summed E-state index contributed by atoms with van der Waals surface area (Å²) in [5, 5.41) is 6.29. The maximum absolute atomic E-state index is 13.7. The third kappa shape index (κ3) is 4.55. The minimum absolute atomic E-state index is 0.0349. The third-order valence-electron chi connectivity index (χ3n) is 3.32. The van der Waals surface area contributed by atoms with Crippen molar-refractivity contribution in [3.05, 3.63) is 64.4 Å². The number of carbonyl (C=O) groups is 1. The molecule has 0 aliphatic carbocycles. The molecule has 0 heterocycles. The fourth-order valence-electron chi connectivity index (χ4n) is 2.06. The smallest absolute Gasteiger partial charge is 0.238 e. The molecule has 0 aliphatic heterocycles. The fraction of sp³-hybridized carbons (Fsp3) is 0.235. The summed E-state index contributed by atoms with van der Waals surface area (Å²) >= 11 is 5.94. The van der Waals surface area contributed by atoms with Gasteiger partial charge in [0.05, 0.1) is 12.2 Å². The second kappa shape index (κ2) is 7.38. The molecule has 0 saturated carbocycles. The Balaban J connectivity index is 1.90. The SMILES string of the molecule is Cc1ccc(NC(=O)CN[C@@H](C)c2cccc(Cl)c2)c(F)c1. The Morgan fingerprint density at radius 2 is 2.05 bits per heavy atom. The minimum Gasteiger partial charge on any atom is -0.322 e. The Hall–Kier alpha value is -1.91. The summed E-state index contributed by atoms with van der Waals surface area (Å²) in [7, 11) is 0. The number of halogens is 2. The number of aryl methyl sites for hydroxylation is 1. The number of rotatable bonds is 5. The zero-order valence-corrected chi connectivity index (χ0v) is 13.2. The van der Waals surface area contributed by atoms with E-state index in [-0.39, 0.29) is 24.2 Å². The number of benzene rings is 2. The summed E-state index contributed by atoms with van der Waals surface area (Å²) in [4.78, 5) is 11.9. The molecule has 0 aromatic heterocycles. The molecule has 3 nitrogen and oxygen atoms in total. The molecule has 1 atom stereocenters. The van der Waals surface area contributed by atoms with Crippen LogP contribution in [0.4, 0.5) is 10.1 Å². The monoisotopic (exact) mass is 320 g/mol. The first-order chi connectivity index (χ1) is 10.5. The van der Waals surface area contributed by atoms with Gasteiger partial charge in [0.15, 0.2) is 0 Å². The van der Waals surface area contributed by atoms with Crippen LogP contribution in [-0.4, -0.2) is 12.5 Å². The van der Waals surface area contributed by atoms with E-state index in [0.29, 0.717) is 5.02 Å². The van der Waals surface area contributed by atoms with E-state index in [1.807, 2.05) is 25.1 Å². The molecule has 0 radical (unpaired) electrons. The molecule has 5 heteroatoms. The second-order valence-electron chi connectivity index (χ2n) is 5.19. The molecule has 0 aliphatic rings. The highest BCUT2D eigenvalue weighted by Gasteiger charge is 2.10. The summed E-state index contributed by atoms with van der Waals surface area (Å²) in [6.07, 6.45) is 0. The van der Waals surface area contributed by atoms with Crippen LogP contribution in [0.3, 0.4) is 0 Å². The van der Waals surface area contributed by atoms with E-state index in [2.05, 4.69) is 10.6 Å². The number of amides is 1. The topological polar surface area (TPSA) is 41.1 Å². The summed E-state index contributed by atoms with van der Waals surface area (Å²) in [5.41, 5.74) is 1.98. The quantitative estimate of drug-likeness (QED) is 0.871. The van der Waals surface area contributed by atoms with Crippen LogP contribution in [0.2, 0.25) is 5.02 Å². The largest absolute Gasteiger partial charge is 0.322 e. The number of anilines is 1. The second-order valence-corrected chi connectivity index (χ2v) is 5.63. The first-order valence-electron chi connectivity index (χ1n) is 7.00. The number of nitrogens with one attached hydrogen (secondary N) is 2. The summed E-state index contributed by atoms with van der Waals surface area (Å²) in [6, 6.07) is 12.1. The van der Waals surface area contributed by atoms with Gasteiger partial charge in [-0.05, 0) is 49.2 Å². The van der Waals surface area contributed by atoms with E-state index in [4.69, 9.17) is 11.6 Å². The maximum atomic E-state index is 13.7. The minimum atomic E-state index is -0.434. The van der Waals surface area contributed by atoms with E-state index >= 15 is 0 Å². The summed E-state index contributed by atoms with van der Waals surface area (Å²) in [6.45, 7) is 3.81. The lowest BCUT2D eigenvalue weighted by atomic mass is 10.1. The lowest BCUT2D eigenvalue weighted by molar-refractivity contribution is -0.115. The predicted octanol–water partition coefficient (Wildman–Crippen LogP) is 4.08. The molecule has 2 aromatic rings. The highest BCUT2D eigenvalue weighted by molar-refractivity contribution is 6.30. The van der Waals surface area contributed by atoms with Crippen LogP contribution in [0.1, 0.15) is 24.1 Å². The molecule has 1 amide bonds. The van der Waals surface area contributed by atoms with Crippen molar-refractivity contribution in [2.24, 2.45) is 0 Å². The van der Waals surface area contributed by atoms with Gasteiger partial charge in [-0.3, -0.25) is 4.79 Å². The molecule has 0 saturated heterocycles. The van der Waals surface area contributed by atoms with Crippen LogP contribution >= 0.6 is 11.6 Å². The molecule has 0 spiro atoms. The molecular weight excluding hydrogens is 303 g/mol. The van der Waals surface area contributed by atoms with Gasteiger partial charge in [-0.2, -0.15) is 0 Å². The molecule has 0 bridgehead atoms. The fourth-order valence-corrected chi connectivity index (χ4v) is 2.25. The average molecular weight is 321 g/mol. The van der Waals surface area contributed by atoms with Crippen molar-refractivity contribution in [2.75, 3.05) is 11.9 Å². The molecule has 116 valence electrons. The average Bonchev–Trinajstić information content (AvgIpc) is 2.47. The molecule has 2 rings (SSSR count). The molecule has 2 aromatic carbocycles. The van der Waals surface area contributed by atoms with Gasteiger partial charge >= 0.3 is 0 Å². The summed E-state index contributed by atoms with van der Waals surface area (Å²) < 4.78 is 13.7. The van der Waals surface area contributed by atoms with Crippen molar-refractivity contribution >= 4 is 23.2 Å². The van der Waals surface area contributed by atoms with E-state index in [1.54, 1.807) is 25.1 Å². The van der Waals surface area contributed by atoms with Gasteiger partial charge in [-0.1, -0.05) is 29.8 Å². The highest BCUT2D eigenvalue weighted by atomic mass is 35.5. The number of hydrogen-bond donors (Lipinski definition) is 2. The zero-order chi connectivity index (χ0) is 16.1. The van der Waals surface area contributed by atoms with Crippen molar-refractivity contribution in [2.45, 2.75) is 19.9 Å². The van der Waals surface area contributed by atoms with Crippen molar-refractivity contribution in [3.63, 3.8) is 0 Å².